The molecule has 0 saturated heterocycles. The molecule has 0 aliphatic rings. The van der Waals surface area contributed by atoms with Gasteiger partial charge >= 0.3 is 0 Å². The average molecular weight is 477 g/mol. The Labute approximate surface area is 214 Å². The minimum Gasteiger partial charge on any atom is -0.493 e. The topological polar surface area (TPSA) is 9.23 Å². The summed E-state index contributed by atoms with van der Waals surface area (Å²) in [7, 11) is 13.4. The van der Waals surface area contributed by atoms with Gasteiger partial charge in [-0.2, -0.15) is 0 Å². The van der Waals surface area contributed by atoms with Gasteiger partial charge < -0.3 is 9.22 Å². The Morgan fingerprint density at radius 3 is 1.44 bits per heavy atom. The second-order valence-electron chi connectivity index (χ2n) is 12.4. The van der Waals surface area contributed by atoms with Crippen LogP contribution in [-0.4, -0.2) is 53.4 Å². The van der Waals surface area contributed by atoms with Crippen molar-refractivity contribution in [2.75, 3.05) is 48.9 Å². The van der Waals surface area contributed by atoms with Crippen LogP contribution in [-0.2, 0) is 6.54 Å². The van der Waals surface area contributed by atoms with Gasteiger partial charge in [0.25, 0.3) is 0 Å². The zero-order valence-electron chi connectivity index (χ0n) is 24.3. The van der Waals surface area contributed by atoms with Crippen LogP contribution >= 0.6 is 0 Å². The molecule has 3 nitrogen and oxygen atoms in total. The summed E-state index contributed by atoms with van der Waals surface area (Å²) in [5.41, 5.74) is 2.62. The average Bonchev–Trinajstić information content (AvgIpc) is 2.75. The predicted octanol–water partition coefficient (Wildman–Crippen LogP) is 8.73. The highest BCUT2D eigenvalue weighted by Gasteiger charge is 2.19. The van der Waals surface area contributed by atoms with Crippen molar-refractivity contribution in [2.45, 2.75) is 116 Å². The van der Waals surface area contributed by atoms with E-state index in [2.05, 4.69) is 67.4 Å². The lowest BCUT2D eigenvalue weighted by Crippen LogP contribution is -2.35. The van der Waals surface area contributed by atoms with Crippen molar-refractivity contribution >= 4 is 5.69 Å². The molecule has 0 unspecified atom stereocenters. The maximum atomic E-state index is 6.32. The molecule has 1 aromatic rings. The molecule has 0 bridgehead atoms. The molecule has 3 heteroatoms. The Balaban J connectivity index is 2.12. The standard InChI is InChI=1S/C31H60N2O/c1-8-9-10-11-12-13-14-15-16-17-18-19-20-21-22-23-26-34-31-27-30(33(5,6)7)25-24-29(31)28-32(2,3)4/h24-25,27H,8-23,26,28H2,1-7H3/q+2. The van der Waals surface area contributed by atoms with Crippen molar-refractivity contribution in [1.29, 1.82) is 0 Å². The van der Waals surface area contributed by atoms with E-state index in [4.69, 9.17) is 4.74 Å². The van der Waals surface area contributed by atoms with E-state index in [9.17, 15) is 0 Å². The number of nitrogens with zero attached hydrogens (tertiary/aromatic N) is 2. The molecule has 0 N–H and O–H groups in total. The minimum atomic E-state index is 0.820. The summed E-state index contributed by atoms with van der Waals surface area (Å²) in [6.45, 7) is 4.12. The molecule has 1 aromatic carbocycles. The fraction of sp³-hybridized carbons (Fsp3) is 0.806. The Kier molecular flexibility index (Phi) is 15.8. The normalized spacial score (nSPS) is 12.3. The molecule has 0 aliphatic carbocycles. The smallest absolute Gasteiger partial charge is 0.135 e. The summed E-state index contributed by atoms with van der Waals surface area (Å²) < 4.78 is 8.05. The first-order valence-electron chi connectivity index (χ1n) is 14.5. The van der Waals surface area contributed by atoms with Gasteiger partial charge in [-0.15, -0.1) is 0 Å². The minimum absolute atomic E-state index is 0.820. The summed E-state index contributed by atoms with van der Waals surface area (Å²) in [5, 5.41) is 0. The van der Waals surface area contributed by atoms with Gasteiger partial charge in [-0.1, -0.05) is 103 Å². The quantitative estimate of drug-likeness (QED) is 0.127. The van der Waals surface area contributed by atoms with Crippen molar-refractivity contribution in [1.82, 2.24) is 4.48 Å². The third kappa shape index (κ3) is 15.8. The summed E-state index contributed by atoms with van der Waals surface area (Å²) in [6.07, 6.45) is 22.5. The van der Waals surface area contributed by atoms with Crippen molar-refractivity contribution in [3.63, 3.8) is 0 Å². The monoisotopic (exact) mass is 476 g/mol. The molecule has 0 heterocycles. The van der Waals surface area contributed by atoms with E-state index < -0.39 is 0 Å². The number of unbranched alkanes of at least 4 members (excludes halogenated alkanes) is 15. The van der Waals surface area contributed by atoms with Crippen LogP contribution in [0.15, 0.2) is 18.2 Å². The Hall–Kier alpha value is -1.06. The van der Waals surface area contributed by atoms with Gasteiger partial charge in [0.15, 0.2) is 0 Å². The zero-order chi connectivity index (χ0) is 25.3. The van der Waals surface area contributed by atoms with E-state index in [0.29, 0.717) is 0 Å². The molecule has 0 amide bonds. The van der Waals surface area contributed by atoms with E-state index >= 15 is 0 Å². The van der Waals surface area contributed by atoms with Crippen LogP contribution in [0, 0.1) is 0 Å². The molecule has 0 fully saturated rings. The van der Waals surface area contributed by atoms with Crippen molar-refractivity contribution in [3.05, 3.63) is 23.8 Å². The van der Waals surface area contributed by atoms with E-state index in [1.54, 1.807) is 0 Å². The third-order valence-electron chi connectivity index (χ3n) is 6.73. The van der Waals surface area contributed by atoms with Crippen LogP contribution < -0.4 is 9.22 Å². The lowest BCUT2D eigenvalue weighted by atomic mass is 10.0. The number of quaternary nitrogens is 2. The number of ether oxygens (including phenoxy) is 1. The molecule has 0 spiro atoms. The van der Waals surface area contributed by atoms with Gasteiger partial charge in [0.05, 0.1) is 48.9 Å². The first kappa shape index (κ1) is 31.0. The number of hydrogen-bond donors (Lipinski definition) is 0. The van der Waals surface area contributed by atoms with E-state index in [-0.39, 0.29) is 0 Å². The number of hydrogen-bond acceptors (Lipinski definition) is 1. The zero-order valence-corrected chi connectivity index (χ0v) is 24.3. The van der Waals surface area contributed by atoms with Crippen LogP contribution in [0.25, 0.3) is 0 Å². The Bertz CT molecular complexity index is 627. The first-order chi connectivity index (χ1) is 16.1. The molecular weight excluding hydrogens is 416 g/mol. The molecule has 0 saturated carbocycles. The summed E-state index contributed by atoms with van der Waals surface area (Å²) in [6, 6.07) is 6.79. The molecule has 0 aromatic heterocycles. The summed E-state index contributed by atoms with van der Waals surface area (Å²) in [4.78, 5) is 0. The van der Waals surface area contributed by atoms with Gasteiger partial charge in [0, 0.05) is 11.6 Å². The fourth-order valence-corrected chi connectivity index (χ4v) is 4.57. The van der Waals surface area contributed by atoms with Crippen LogP contribution in [0.5, 0.6) is 5.75 Å². The van der Waals surface area contributed by atoms with Gasteiger partial charge in [-0.3, -0.25) is 4.48 Å². The highest BCUT2D eigenvalue weighted by atomic mass is 16.5. The Morgan fingerprint density at radius 1 is 0.588 bits per heavy atom. The maximum Gasteiger partial charge on any atom is 0.135 e. The van der Waals surface area contributed by atoms with E-state index in [1.165, 1.54) is 108 Å². The van der Waals surface area contributed by atoms with Gasteiger partial charge in [0.1, 0.15) is 18.0 Å². The second kappa shape index (κ2) is 17.4. The Morgan fingerprint density at radius 2 is 1.03 bits per heavy atom. The van der Waals surface area contributed by atoms with Gasteiger partial charge in [-0.05, 0) is 18.6 Å². The summed E-state index contributed by atoms with van der Waals surface area (Å²) >= 11 is 0. The van der Waals surface area contributed by atoms with E-state index in [0.717, 1.165) is 34.3 Å². The van der Waals surface area contributed by atoms with Crippen LogP contribution in [0.3, 0.4) is 0 Å². The maximum absolute atomic E-state index is 6.32. The molecule has 1 rings (SSSR count). The molecule has 0 aliphatic heterocycles. The van der Waals surface area contributed by atoms with Gasteiger partial charge in [0.2, 0.25) is 0 Å². The molecule has 0 radical (unpaired) electrons. The largest absolute Gasteiger partial charge is 0.493 e. The SMILES string of the molecule is CCCCCCCCCCCCCCCCCCOc1cc([N+](C)(C)C)ccc1C[N+](C)(C)C. The highest BCUT2D eigenvalue weighted by Crippen LogP contribution is 2.29. The van der Waals surface area contributed by atoms with Crippen LogP contribution in [0.4, 0.5) is 5.69 Å². The van der Waals surface area contributed by atoms with Crippen molar-refractivity contribution in [3.8, 4) is 5.75 Å². The first-order valence-corrected chi connectivity index (χ1v) is 14.5. The molecule has 0 atom stereocenters. The van der Waals surface area contributed by atoms with E-state index in [1.807, 2.05) is 0 Å². The van der Waals surface area contributed by atoms with Crippen LogP contribution in [0.2, 0.25) is 0 Å². The molecule has 198 valence electrons. The lowest BCUT2D eigenvalue weighted by molar-refractivity contribution is -0.884. The summed E-state index contributed by atoms with van der Waals surface area (Å²) in [5.74, 6) is 1.08. The predicted molar refractivity (Wildman–Crippen MR) is 153 cm³/mol. The molecule has 34 heavy (non-hydrogen) atoms. The number of rotatable bonds is 21. The lowest BCUT2D eigenvalue weighted by Gasteiger charge is -2.27. The highest BCUT2D eigenvalue weighted by molar-refractivity contribution is 5.50. The van der Waals surface area contributed by atoms with Gasteiger partial charge in [-0.25, -0.2) is 0 Å². The van der Waals surface area contributed by atoms with Crippen molar-refractivity contribution in [2.24, 2.45) is 0 Å². The fourth-order valence-electron chi connectivity index (χ4n) is 4.57. The number of benzene rings is 1. The molecular formula is C31H60N2O+2. The van der Waals surface area contributed by atoms with Crippen LogP contribution in [0.1, 0.15) is 115 Å². The van der Waals surface area contributed by atoms with Crippen molar-refractivity contribution < 1.29 is 9.22 Å². The second-order valence-corrected chi connectivity index (χ2v) is 12.4. The third-order valence-corrected chi connectivity index (χ3v) is 6.73.